The molecule has 0 amide bonds. The number of hydrogen-bond donors (Lipinski definition) is 4. The molecule has 0 saturated heterocycles. The fourth-order valence-corrected chi connectivity index (χ4v) is 1.00. The Hall–Kier alpha value is -1.23. The summed E-state index contributed by atoms with van der Waals surface area (Å²) in [5.41, 5.74) is 0.111. The van der Waals surface area contributed by atoms with Gasteiger partial charge in [-0.25, -0.2) is 4.79 Å². The zero-order valence-electron chi connectivity index (χ0n) is 6.63. The molecule has 0 spiro atoms. The molecule has 5 heteroatoms. The lowest BCUT2D eigenvalue weighted by Gasteiger charge is -1.95. The molecule has 68 valence electrons. The smallest absolute Gasteiger partial charge is 0.325 e. The van der Waals surface area contributed by atoms with Gasteiger partial charge in [0, 0.05) is 6.61 Å². The summed E-state index contributed by atoms with van der Waals surface area (Å²) in [4.78, 5) is 15.3. The predicted molar refractivity (Wildman–Crippen MR) is 43.1 cm³/mol. The summed E-state index contributed by atoms with van der Waals surface area (Å²) in [6.07, 6.45) is 2.00. The van der Waals surface area contributed by atoms with Crippen molar-refractivity contribution in [3.05, 3.63) is 16.2 Å². The topological polar surface area (TPSA) is 89.1 Å². The van der Waals surface area contributed by atoms with Gasteiger partial charge in [0.25, 0.3) is 0 Å². The van der Waals surface area contributed by atoms with Gasteiger partial charge < -0.3 is 15.2 Å². The Bertz CT molecular complexity index is 289. The number of aryl methyl sites for hydroxylation is 1. The van der Waals surface area contributed by atoms with Gasteiger partial charge in [-0.2, -0.15) is 0 Å². The van der Waals surface area contributed by atoms with Crippen LogP contribution in [-0.4, -0.2) is 26.8 Å². The number of nitrogens with one attached hydrogen (secondary N) is 2. The molecule has 5 nitrogen and oxygen atoms in total. The number of H-pyrrole nitrogens is 2. The number of aromatic hydroxyl groups is 1. The van der Waals surface area contributed by atoms with Gasteiger partial charge >= 0.3 is 5.69 Å². The molecule has 1 rings (SSSR count). The summed E-state index contributed by atoms with van der Waals surface area (Å²) in [5.74, 6) is -0.0991. The van der Waals surface area contributed by atoms with Crippen LogP contribution in [0.4, 0.5) is 0 Å². The standard InChI is InChI=1S/C7H12N2O3/c10-4-2-1-3-5-6(11)9-7(12)8-5/h10-11H,1-4H2,(H2,8,9,12). The number of aliphatic hydroxyl groups excluding tert-OH is 1. The highest BCUT2D eigenvalue weighted by molar-refractivity contribution is 5.15. The normalized spacial score (nSPS) is 10.4. The van der Waals surface area contributed by atoms with E-state index in [1.807, 2.05) is 0 Å². The van der Waals surface area contributed by atoms with Crippen molar-refractivity contribution in [3.8, 4) is 5.88 Å². The van der Waals surface area contributed by atoms with E-state index in [-0.39, 0.29) is 12.5 Å². The van der Waals surface area contributed by atoms with Gasteiger partial charge in [0.1, 0.15) is 0 Å². The largest absolute Gasteiger partial charge is 0.493 e. The molecule has 0 saturated carbocycles. The first kappa shape index (κ1) is 8.86. The third-order valence-corrected chi connectivity index (χ3v) is 1.62. The second-order valence-corrected chi connectivity index (χ2v) is 2.59. The highest BCUT2D eigenvalue weighted by Gasteiger charge is 2.03. The minimum Gasteiger partial charge on any atom is -0.493 e. The van der Waals surface area contributed by atoms with Crippen LogP contribution in [0.5, 0.6) is 5.88 Å². The Morgan fingerprint density at radius 2 is 2.00 bits per heavy atom. The van der Waals surface area contributed by atoms with Crippen LogP contribution in [0.25, 0.3) is 0 Å². The predicted octanol–water partition coefficient (Wildman–Crippen LogP) is -0.276. The average molecular weight is 172 g/mol. The van der Waals surface area contributed by atoms with E-state index in [1.165, 1.54) is 0 Å². The summed E-state index contributed by atoms with van der Waals surface area (Å²) >= 11 is 0. The molecule has 12 heavy (non-hydrogen) atoms. The Morgan fingerprint density at radius 3 is 2.50 bits per heavy atom. The molecule has 0 atom stereocenters. The minimum atomic E-state index is -0.397. The molecule has 0 fully saturated rings. The molecule has 4 N–H and O–H groups in total. The molecule has 0 bridgehead atoms. The Balaban J connectivity index is 2.51. The first-order chi connectivity index (χ1) is 5.74. The van der Waals surface area contributed by atoms with Crippen molar-refractivity contribution in [2.45, 2.75) is 19.3 Å². The molecule has 1 heterocycles. The lowest BCUT2D eigenvalue weighted by Crippen LogP contribution is -2.01. The number of imidazole rings is 1. The van der Waals surface area contributed by atoms with Crippen molar-refractivity contribution >= 4 is 0 Å². The maximum Gasteiger partial charge on any atom is 0.325 e. The second kappa shape index (κ2) is 3.96. The highest BCUT2D eigenvalue weighted by Crippen LogP contribution is 2.10. The van der Waals surface area contributed by atoms with Crippen LogP contribution < -0.4 is 5.69 Å². The van der Waals surface area contributed by atoms with Crippen molar-refractivity contribution in [1.82, 2.24) is 9.97 Å². The van der Waals surface area contributed by atoms with Gasteiger partial charge in [0.15, 0.2) is 0 Å². The monoisotopic (exact) mass is 172 g/mol. The molecule has 0 aliphatic carbocycles. The van der Waals surface area contributed by atoms with Crippen molar-refractivity contribution < 1.29 is 10.2 Å². The van der Waals surface area contributed by atoms with Gasteiger partial charge in [-0.1, -0.05) is 0 Å². The summed E-state index contributed by atoms with van der Waals surface area (Å²) in [6, 6.07) is 0. The molecule has 1 aromatic heterocycles. The zero-order valence-corrected chi connectivity index (χ0v) is 6.63. The van der Waals surface area contributed by atoms with Crippen LogP contribution >= 0.6 is 0 Å². The molecule has 1 aromatic rings. The molecular weight excluding hydrogens is 160 g/mol. The molecule has 0 unspecified atom stereocenters. The third-order valence-electron chi connectivity index (χ3n) is 1.62. The van der Waals surface area contributed by atoms with Crippen molar-refractivity contribution in [1.29, 1.82) is 0 Å². The number of unbranched alkanes of at least 4 members (excludes halogenated alkanes) is 1. The van der Waals surface area contributed by atoms with Gasteiger partial charge in [-0.3, -0.25) is 4.98 Å². The highest BCUT2D eigenvalue weighted by atomic mass is 16.3. The Morgan fingerprint density at radius 1 is 1.25 bits per heavy atom. The van der Waals surface area contributed by atoms with Crippen molar-refractivity contribution in [2.24, 2.45) is 0 Å². The molecule has 0 aliphatic rings. The quantitative estimate of drug-likeness (QED) is 0.471. The van der Waals surface area contributed by atoms with Crippen LogP contribution in [0.15, 0.2) is 4.79 Å². The summed E-state index contributed by atoms with van der Waals surface area (Å²) in [5, 5.41) is 17.6. The number of hydrogen-bond acceptors (Lipinski definition) is 3. The van der Waals surface area contributed by atoms with E-state index in [0.29, 0.717) is 18.5 Å². The first-order valence-corrected chi connectivity index (χ1v) is 3.85. The van der Waals surface area contributed by atoms with Gasteiger partial charge in [0.2, 0.25) is 5.88 Å². The minimum absolute atomic E-state index is 0.0991. The Labute approximate surface area is 69.1 Å². The van der Waals surface area contributed by atoms with E-state index in [0.717, 1.165) is 6.42 Å². The SMILES string of the molecule is O=c1[nH]c(O)c(CCCCO)[nH]1. The first-order valence-electron chi connectivity index (χ1n) is 3.85. The second-order valence-electron chi connectivity index (χ2n) is 2.59. The van der Waals surface area contributed by atoms with Gasteiger partial charge in [-0.05, 0) is 19.3 Å². The van der Waals surface area contributed by atoms with Crippen molar-refractivity contribution in [2.75, 3.05) is 6.61 Å². The maximum atomic E-state index is 10.6. The van der Waals surface area contributed by atoms with Crippen LogP contribution in [0.3, 0.4) is 0 Å². The van der Waals surface area contributed by atoms with E-state index in [4.69, 9.17) is 10.2 Å². The molecule has 0 aliphatic heterocycles. The van der Waals surface area contributed by atoms with E-state index < -0.39 is 5.69 Å². The number of aromatic amines is 2. The van der Waals surface area contributed by atoms with E-state index >= 15 is 0 Å². The van der Waals surface area contributed by atoms with E-state index in [2.05, 4.69) is 9.97 Å². The lowest BCUT2D eigenvalue weighted by molar-refractivity contribution is 0.284. The summed E-state index contributed by atoms with van der Waals surface area (Å²) < 4.78 is 0. The zero-order chi connectivity index (χ0) is 8.97. The fraction of sp³-hybridized carbons (Fsp3) is 0.571. The van der Waals surface area contributed by atoms with Gasteiger partial charge in [-0.15, -0.1) is 0 Å². The molecule has 0 aromatic carbocycles. The van der Waals surface area contributed by atoms with E-state index in [9.17, 15) is 4.79 Å². The molecular formula is C7H12N2O3. The van der Waals surface area contributed by atoms with Crippen LogP contribution in [-0.2, 0) is 6.42 Å². The number of aliphatic hydroxyl groups is 1. The van der Waals surface area contributed by atoms with Crippen LogP contribution in [0.1, 0.15) is 18.5 Å². The van der Waals surface area contributed by atoms with E-state index in [1.54, 1.807) is 0 Å². The van der Waals surface area contributed by atoms with Gasteiger partial charge in [0.05, 0.1) is 5.69 Å². The lowest BCUT2D eigenvalue weighted by atomic mass is 10.2. The van der Waals surface area contributed by atoms with Crippen LogP contribution in [0.2, 0.25) is 0 Å². The summed E-state index contributed by atoms with van der Waals surface area (Å²) in [7, 11) is 0. The fourth-order valence-electron chi connectivity index (χ4n) is 1.00. The van der Waals surface area contributed by atoms with Crippen molar-refractivity contribution in [3.63, 3.8) is 0 Å². The number of aromatic nitrogens is 2. The average Bonchev–Trinajstić information content (AvgIpc) is 2.31. The molecule has 0 radical (unpaired) electrons. The maximum absolute atomic E-state index is 10.6. The number of rotatable bonds is 4. The van der Waals surface area contributed by atoms with Crippen LogP contribution in [0, 0.1) is 0 Å². The Kier molecular flexibility index (Phi) is 2.93. The summed E-state index contributed by atoms with van der Waals surface area (Å²) in [6.45, 7) is 0.134. The third kappa shape index (κ3) is 2.13.